The average molecular weight is 872 g/mol. The van der Waals surface area contributed by atoms with Crippen LogP contribution in [0.5, 0.6) is 0 Å². The highest BCUT2D eigenvalue weighted by Crippen LogP contribution is 2.65. The number of halogens is 28. The summed E-state index contributed by atoms with van der Waals surface area (Å²) in [5.74, 6) is -81.4. The molecule has 0 aromatic heterocycles. The molecule has 0 spiro atoms. The molecule has 0 N–H and O–H groups in total. The lowest BCUT2D eigenvalue weighted by Crippen LogP contribution is -2.69. The molecule has 0 aliphatic carbocycles. The number of hydrogen-bond donors (Lipinski definition) is 0. The first kappa shape index (κ1) is 42.4. The Morgan fingerprint density at radius 1 is 0.304 bits per heavy atom. The van der Waals surface area contributed by atoms with E-state index in [9.17, 15) is 114 Å². The third kappa shape index (κ3) is 5.35. The third-order valence-corrected chi connectivity index (χ3v) is 6.84. The van der Waals surface area contributed by atoms with E-state index >= 15 is 0 Å². The van der Waals surface area contributed by atoms with Crippen LogP contribution in [0.25, 0.3) is 0 Å². The summed E-state index contributed by atoms with van der Waals surface area (Å²) in [4.78, 5) is 0. The molecule has 0 aliphatic rings. The van der Waals surface area contributed by atoms with Gasteiger partial charge in [0.05, 0.1) is 5.56 Å². The second kappa shape index (κ2) is 10.9. The molecule has 0 nitrogen and oxygen atoms in total. The van der Waals surface area contributed by atoms with Gasteiger partial charge >= 0.3 is 71.6 Å². The highest BCUT2D eigenvalue weighted by Gasteiger charge is 2.92. The van der Waals surface area contributed by atoms with E-state index in [1.54, 1.807) is 0 Å². The van der Waals surface area contributed by atoms with Gasteiger partial charge in [-0.3, -0.25) is 0 Å². The molecule has 0 radical (unpaired) electrons. The molecule has 0 atom stereocenters. The Balaban J connectivity index is 3.95. The molecule has 0 saturated heterocycles. The van der Waals surface area contributed by atoms with Gasteiger partial charge < -0.3 is 0 Å². The fourth-order valence-corrected chi connectivity index (χ4v) is 4.62. The zero-order valence-corrected chi connectivity index (χ0v) is 22.9. The van der Waals surface area contributed by atoms with Crippen LogP contribution in [-0.2, 0) is 11.8 Å². The van der Waals surface area contributed by atoms with Crippen LogP contribution in [0.2, 0.25) is 0 Å². The highest BCUT2D eigenvalue weighted by atomic mass is 79.9. The lowest BCUT2D eigenvalue weighted by Gasteiger charge is -2.40. The van der Waals surface area contributed by atoms with Crippen molar-refractivity contribution in [2.24, 2.45) is 0 Å². The van der Waals surface area contributed by atoms with Crippen LogP contribution in [-0.4, -0.2) is 59.7 Å². The monoisotopic (exact) mass is 870 g/mol. The highest BCUT2D eigenvalue weighted by molar-refractivity contribution is 9.11. The van der Waals surface area contributed by atoms with Crippen molar-refractivity contribution in [3.63, 3.8) is 0 Å². The average Bonchev–Trinajstić information content (AvgIpc) is 2.80. The van der Waals surface area contributed by atoms with E-state index < -0.39 is 104 Å². The first-order valence-corrected chi connectivity index (χ1v) is 11.5. The Morgan fingerprint density at radius 2 is 0.522 bits per heavy atom. The third-order valence-electron chi connectivity index (χ3n) is 5.59. The minimum absolute atomic E-state index is 1.34. The summed E-state index contributed by atoms with van der Waals surface area (Å²) in [6.07, 6.45) is -15.7. The molecule has 46 heavy (non-hydrogen) atoms. The maximum absolute atomic E-state index is 14.5. The molecule has 0 heterocycles. The van der Waals surface area contributed by atoms with Crippen molar-refractivity contribution in [3.8, 4) is 0 Å². The fourth-order valence-electron chi connectivity index (χ4n) is 2.93. The zero-order valence-electron chi connectivity index (χ0n) is 19.7. The van der Waals surface area contributed by atoms with Crippen molar-refractivity contribution in [1.82, 2.24) is 0 Å². The predicted octanol–water partition coefficient (Wildman–Crippen LogP) is 11.6. The number of alkyl halides is 26. The van der Waals surface area contributed by atoms with Gasteiger partial charge in [0, 0.05) is 14.5 Å². The number of benzene rings is 1. The van der Waals surface area contributed by atoms with E-state index in [-0.39, 0.29) is 0 Å². The van der Waals surface area contributed by atoms with Crippen LogP contribution in [0.15, 0.2) is 21.1 Å². The molecule has 1 aromatic carbocycles. The van der Waals surface area contributed by atoms with Crippen LogP contribution in [0.3, 0.4) is 0 Å². The van der Waals surface area contributed by atoms with Gasteiger partial charge in [-0.15, -0.1) is 0 Å². The summed E-state index contributed by atoms with van der Waals surface area (Å²) in [5, 5.41) is 0. The lowest BCUT2D eigenvalue weighted by atomic mass is 9.88. The maximum Gasteiger partial charge on any atom is 0.460 e. The van der Waals surface area contributed by atoms with Crippen molar-refractivity contribution in [2.75, 3.05) is 0 Å². The molecule has 0 fully saturated rings. The smallest absolute Gasteiger partial charge is 0.194 e. The van der Waals surface area contributed by atoms with E-state index in [1.165, 1.54) is 31.9 Å². The Kier molecular flexibility index (Phi) is 10.1. The Labute approximate surface area is 250 Å². The fraction of sp³-hybridized carbons (Fsp3) is 0.667. The molecule has 0 amide bonds. The van der Waals surface area contributed by atoms with Gasteiger partial charge in [0.1, 0.15) is 0 Å². The molecular formula is C18H2Br2F26. The van der Waals surface area contributed by atoms with E-state index in [4.69, 9.17) is 0 Å². The van der Waals surface area contributed by atoms with Crippen LogP contribution >= 0.6 is 31.9 Å². The second-order valence-electron chi connectivity index (χ2n) is 8.55. The molecule has 270 valence electrons. The van der Waals surface area contributed by atoms with Gasteiger partial charge in [0.25, 0.3) is 0 Å². The zero-order chi connectivity index (χ0) is 37.7. The SMILES string of the molecule is FC(F)(F)C(F)(F)C(F)(F)C(F)(F)C(F)(F)C(F)(F)c1cc(Br)c(C(F)(F)C(F)(F)C(F)(F)C(F)(F)C(F)(F)C(F)(F)F)c(Br)c1. The lowest BCUT2D eigenvalue weighted by molar-refractivity contribution is -0.442. The van der Waals surface area contributed by atoms with E-state index in [0.717, 1.165) is 0 Å². The largest absolute Gasteiger partial charge is 0.460 e. The summed E-state index contributed by atoms with van der Waals surface area (Å²) in [7, 11) is 0. The number of rotatable bonds is 10. The molecule has 28 heteroatoms. The topological polar surface area (TPSA) is 0 Å². The van der Waals surface area contributed by atoms with Crippen LogP contribution in [0.4, 0.5) is 114 Å². The quantitative estimate of drug-likeness (QED) is 0.206. The molecule has 0 saturated carbocycles. The first-order chi connectivity index (χ1) is 19.5. The molecular weight excluding hydrogens is 870 g/mol. The standard InChI is InChI=1S/C18H2Br2F26/c19-4-1-3(7(21,22)9(25,26)11(29,30)13(33,34)15(37,38)17(41,42)43)2-5(20)6(4)8(23,24)10(27,28)12(31,32)14(35,36)16(39,40)18(44,45)46/h1-2H. The van der Waals surface area contributed by atoms with E-state index in [0.29, 0.717) is 0 Å². The predicted molar refractivity (Wildman–Crippen MR) is 101 cm³/mol. The molecule has 0 aliphatic heterocycles. The Bertz CT molecular complexity index is 1280. The summed E-state index contributed by atoms with van der Waals surface area (Å²) < 4.78 is 343. The van der Waals surface area contributed by atoms with Gasteiger partial charge in [-0.1, -0.05) is 31.9 Å². The summed E-state index contributed by atoms with van der Waals surface area (Å²) >= 11 is 2.87. The van der Waals surface area contributed by atoms with Crippen LogP contribution < -0.4 is 0 Å². The van der Waals surface area contributed by atoms with E-state index in [2.05, 4.69) is 0 Å². The number of hydrogen-bond acceptors (Lipinski definition) is 0. The summed E-state index contributed by atoms with van der Waals surface area (Å²) in [6, 6.07) is -2.68. The van der Waals surface area contributed by atoms with Crippen LogP contribution in [0, 0.1) is 0 Å². The van der Waals surface area contributed by atoms with Crippen molar-refractivity contribution < 1.29 is 114 Å². The second-order valence-corrected chi connectivity index (χ2v) is 10.3. The molecule has 0 unspecified atom stereocenters. The maximum atomic E-state index is 14.5. The van der Waals surface area contributed by atoms with Crippen LogP contribution in [0.1, 0.15) is 11.1 Å². The van der Waals surface area contributed by atoms with Crippen molar-refractivity contribution in [2.45, 2.75) is 71.6 Å². The van der Waals surface area contributed by atoms with Gasteiger partial charge in [-0.2, -0.15) is 114 Å². The van der Waals surface area contributed by atoms with Gasteiger partial charge in [-0.05, 0) is 12.1 Å². The van der Waals surface area contributed by atoms with Crippen molar-refractivity contribution >= 4 is 31.9 Å². The first-order valence-electron chi connectivity index (χ1n) is 9.95. The van der Waals surface area contributed by atoms with E-state index in [1.807, 2.05) is 0 Å². The molecule has 1 aromatic rings. The Morgan fingerprint density at radius 3 is 0.761 bits per heavy atom. The molecule has 0 bridgehead atoms. The molecule has 1 rings (SSSR count). The van der Waals surface area contributed by atoms with Gasteiger partial charge in [0.2, 0.25) is 0 Å². The minimum atomic E-state index is -8.51. The van der Waals surface area contributed by atoms with Gasteiger partial charge in [0.15, 0.2) is 0 Å². The van der Waals surface area contributed by atoms with Gasteiger partial charge in [-0.25, -0.2) is 0 Å². The normalized spacial score (nSPS) is 16.3. The van der Waals surface area contributed by atoms with Crippen molar-refractivity contribution in [1.29, 1.82) is 0 Å². The summed E-state index contributed by atoms with van der Waals surface area (Å²) in [6.45, 7) is 0. The summed E-state index contributed by atoms with van der Waals surface area (Å²) in [5.41, 5.74) is -6.47. The minimum Gasteiger partial charge on any atom is -0.194 e. The van der Waals surface area contributed by atoms with Crippen molar-refractivity contribution in [3.05, 3.63) is 32.2 Å². The Hall–Kier alpha value is -1.64.